The Morgan fingerprint density at radius 1 is 1.50 bits per heavy atom. The molecular formula is C10H15BrS. The molecule has 0 spiro atoms. The molecule has 0 aliphatic carbocycles. The van der Waals surface area contributed by atoms with Crippen molar-refractivity contribution in [2.24, 2.45) is 5.92 Å². The Hall–Kier alpha value is 0.180. The molecule has 1 aromatic heterocycles. The number of halogens is 1. The Morgan fingerprint density at radius 2 is 2.17 bits per heavy atom. The first-order valence-corrected chi connectivity index (χ1v) is 6.07. The number of rotatable bonds is 3. The van der Waals surface area contributed by atoms with E-state index < -0.39 is 0 Å². The van der Waals surface area contributed by atoms with Gasteiger partial charge in [-0.3, -0.25) is 0 Å². The van der Waals surface area contributed by atoms with Crippen LogP contribution in [0.25, 0.3) is 0 Å². The van der Waals surface area contributed by atoms with E-state index in [0.717, 1.165) is 5.92 Å². The van der Waals surface area contributed by atoms with Crippen molar-refractivity contribution in [3.8, 4) is 0 Å². The maximum Gasteiger partial charge on any atom is 0.0146 e. The molecule has 1 heterocycles. The lowest BCUT2D eigenvalue weighted by molar-refractivity contribution is 0.582. The third-order valence-electron chi connectivity index (χ3n) is 2.13. The number of hydrogen-bond donors (Lipinski definition) is 0. The summed E-state index contributed by atoms with van der Waals surface area (Å²) in [5.41, 5.74) is 1.48. The molecule has 68 valence electrons. The summed E-state index contributed by atoms with van der Waals surface area (Å²) in [6.07, 6.45) is 1.19. The van der Waals surface area contributed by atoms with Crippen LogP contribution in [0.4, 0.5) is 0 Å². The molecule has 0 saturated carbocycles. The molecule has 0 N–H and O–H groups in total. The molecule has 1 rings (SSSR count). The molecule has 0 bridgehead atoms. The van der Waals surface area contributed by atoms with Crippen LogP contribution >= 0.6 is 27.3 Å². The van der Waals surface area contributed by atoms with Crippen molar-refractivity contribution in [1.82, 2.24) is 0 Å². The summed E-state index contributed by atoms with van der Waals surface area (Å²) in [6, 6.07) is 2.29. The minimum atomic E-state index is 0.609. The molecular weight excluding hydrogens is 232 g/mol. The van der Waals surface area contributed by atoms with Crippen LogP contribution in [-0.2, 0) is 6.42 Å². The van der Waals surface area contributed by atoms with E-state index in [1.807, 2.05) is 11.3 Å². The average Bonchev–Trinajstić information content (AvgIpc) is 2.35. The van der Waals surface area contributed by atoms with E-state index in [-0.39, 0.29) is 0 Å². The summed E-state index contributed by atoms with van der Waals surface area (Å²) in [7, 11) is 0. The highest BCUT2D eigenvalue weighted by Gasteiger charge is 2.09. The van der Waals surface area contributed by atoms with Gasteiger partial charge in [0, 0.05) is 9.70 Å². The van der Waals surface area contributed by atoms with Gasteiger partial charge >= 0.3 is 0 Å². The average molecular weight is 247 g/mol. The zero-order chi connectivity index (χ0) is 9.14. The molecule has 0 nitrogen and oxygen atoms in total. The van der Waals surface area contributed by atoms with Gasteiger partial charge < -0.3 is 0 Å². The van der Waals surface area contributed by atoms with Crippen molar-refractivity contribution in [2.45, 2.75) is 32.0 Å². The Morgan fingerprint density at radius 3 is 2.58 bits per heavy atom. The minimum absolute atomic E-state index is 0.609. The van der Waals surface area contributed by atoms with Gasteiger partial charge in [-0.2, -0.15) is 0 Å². The van der Waals surface area contributed by atoms with Gasteiger partial charge in [0.25, 0.3) is 0 Å². The molecule has 0 aromatic carbocycles. The summed E-state index contributed by atoms with van der Waals surface area (Å²) in [4.78, 5) is 2.03. The zero-order valence-corrected chi connectivity index (χ0v) is 10.2. The Kier molecular flexibility index (Phi) is 3.78. The first kappa shape index (κ1) is 10.3. The van der Waals surface area contributed by atoms with Gasteiger partial charge in [-0.25, -0.2) is 0 Å². The van der Waals surface area contributed by atoms with Crippen LogP contribution in [0.15, 0.2) is 11.4 Å². The van der Waals surface area contributed by atoms with Gasteiger partial charge in [0.1, 0.15) is 0 Å². The number of thiophene rings is 1. The molecule has 2 heteroatoms. The molecule has 0 fully saturated rings. The number of alkyl halides is 1. The normalized spacial score (nSPS) is 16.0. The molecule has 0 amide bonds. The van der Waals surface area contributed by atoms with Crippen LogP contribution in [-0.4, -0.2) is 4.83 Å². The van der Waals surface area contributed by atoms with Crippen molar-refractivity contribution < 1.29 is 0 Å². The second-order valence-corrected chi connectivity index (χ2v) is 5.98. The topological polar surface area (TPSA) is 0 Å². The molecule has 0 saturated heterocycles. The minimum Gasteiger partial charge on any atom is -0.149 e. The van der Waals surface area contributed by atoms with Crippen LogP contribution in [0.5, 0.6) is 0 Å². The van der Waals surface area contributed by atoms with Gasteiger partial charge in [-0.15, -0.1) is 11.3 Å². The molecule has 0 aliphatic heterocycles. The number of aryl methyl sites for hydroxylation is 1. The van der Waals surface area contributed by atoms with Crippen molar-refractivity contribution in [3.05, 3.63) is 21.9 Å². The molecule has 1 aromatic rings. The maximum absolute atomic E-state index is 3.61. The second-order valence-electron chi connectivity index (χ2n) is 3.42. The molecule has 2 atom stereocenters. The Bertz CT molecular complexity index is 240. The van der Waals surface area contributed by atoms with Gasteiger partial charge in [0.2, 0.25) is 0 Å². The van der Waals surface area contributed by atoms with Crippen LogP contribution < -0.4 is 0 Å². The fourth-order valence-electron chi connectivity index (χ4n) is 1.14. The summed E-state index contributed by atoms with van der Waals surface area (Å²) >= 11 is 5.45. The SMILES string of the molecule is Cc1cc(CC(C)C(C)Br)cs1. The predicted molar refractivity (Wildman–Crippen MR) is 60.3 cm³/mol. The lowest BCUT2D eigenvalue weighted by Gasteiger charge is -2.12. The Balaban J connectivity index is 2.52. The highest BCUT2D eigenvalue weighted by atomic mass is 79.9. The molecule has 0 aliphatic rings. The van der Waals surface area contributed by atoms with E-state index in [9.17, 15) is 0 Å². The van der Waals surface area contributed by atoms with Crippen LogP contribution in [0.3, 0.4) is 0 Å². The quantitative estimate of drug-likeness (QED) is 0.708. The summed E-state index contributed by atoms with van der Waals surface area (Å²) in [5.74, 6) is 0.721. The van der Waals surface area contributed by atoms with E-state index in [2.05, 4.69) is 48.1 Å². The highest BCUT2D eigenvalue weighted by molar-refractivity contribution is 9.09. The maximum atomic E-state index is 3.61. The van der Waals surface area contributed by atoms with Gasteiger partial charge in [0.05, 0.1) is 0 Å². The van der Waals surface area contributed by atoms with Crippen LogP contribution in [0.2, 0.25) is 0 Å². The second kappa shape index (κ2) is 4.43. The van der Waals surface area contributed by atoms with Gasteiger partial charge in [-0.1, -0.05) is 29.8 Å². The molecule has 12 heavy (non-hydrogen) atoms. The third-order valence-corrected chi connectivity index (χ3v) is 3.94. The standard InChI is InChI=1S/C10H15BrS/c1-7(9(3)11)4-10-5-8(2)12-6-10/h5-7,9H,4H2,1-3H3. The first-order valence-electron chi connectivity index (χ1n) is 4.27. The fourth-order valence-corrected chi connectivity index (χ4v) is 2.05. The third kappa shape index (κ3) is 2.91. The van der Waals surface area contributed by atoms with E-state index in [0.29, 0.717) is 4.83 Å². The zero-order valence-electron chi connectivity index (χ0n) is 7.80. The van der Waals surface area contributed by atoms with Crippen molar-refractivity contribution in [1.29, 1.82) is 0 Å². The van der Waals surface area contributed by atoms with E-state index in [4.69, 9.17) is 0 Å². The largest absolute Gasteiger partial charge is 0.149 e. The monoisotopic (exact) mass is 246 g/mol. The van der Waals surface area contributed by atoms with E-state index >= 15 is 0 Å². The number of hydrogen-bond acceptors (Lipinski definition) is 1. The lowest BCUT2D eigenvalue weighted by atomic mass is 10.0. The van der Waals surface area contributed by atoms with Crippen LogP contribution in [0.1, 0.15) is 24.3 Å². The summed E-state index contributed by atoms with van der Waals surface area (Å²) < 4.78 is 0. The van der Waals surface area contributed by atoms with Crippen molar-refractivity contribution >= 4 is 27.3 Å². The van der Waals surface area contributed by atoms with Gasteiger partial charge in [-0.05, 0) is 36.3 Å². The van der Waals surface area contributed by atoms with Gasteiger partial charge in [0.15, 0.2) is 0 Å². The smallest absolute Gasteiger partial charge is 0.0146 e. The fraction of sp³-hybridized carbons (Fsp3) is 0.600. The predicted octanol–water partition coefficient (Wildman–Crippen LogP) is 4.02. The van der Waals surface area contributed by atoms with Crippen molar-refractivity contribution in [3.63, 3.8) is 0 Å². The molecule has 2 unspecified atom stereocenters. The Labute approximate surface area is 87.1 Å². The lowest BCUT2D eigenvalue weighted by Crippen LogP contribution is -2.08. The summed E-state index contributed by atoms with van der Waals surface area (Å²) in [6.45, 7) is 6.66. The van der Waals surface area contributed by atoms with E-state index in [1.54, 1.807) is 0 Å². The van der Waals surface area contributed by atoms with E-state index in [1.165, 1.54) is 16.9 Å². The summed E-state index contributed by atoms with van der Waals surface area (Å²) in [5, 5.41) is 2.27. The van der Waals surface area contributed by atoms with Crippen LogP contribution in [0, 0.1) is 12.8 Å². The van der Waals surface area contributed by atoms with Crippen molar-refractivity contribution in [2.75, 3.05) is 0 Å². The highest BCUT2D eigenvalue weighted by Crippen LogP contribution is 2.21. The molecule has 0 radical (unpaired) electrons. The first-order chi connectivity index (χ1) is 5.59.